The molecule has 2 rings (SSSR count). The van der Waals surface area contributed by atoms with Gasteiger partial charge in [0.25, 0.3) is 10.0 Å². The number of hydrogen-bond acceptors (Lipinski definition) is 6. The molecule has 1 aromatic rings. The van der Waals surface area contributed by atoms with E-state index >= 15 is 0 Å². The van der Waals surface area contributed by atoms with Crippen LogP contribution in [-0.4, -0.2) is 51.8 Å². The van der Waals surface area contributed by atoms with Crippen molar-refractivity contribution in [3.05, 3.63) is 17.0 Å². The van der Waals surface area contributed by atoms with Crippen molar-refractivity contribution >= 4 is 31.2 Å². The van der Waals surface area contributed by atoms with Gasteiger partial charge in [0.2, 0.25) is 0 Å². The number of hydrogen-bond donors (Lipinski definition) is 1. The predicted molar refractivity (Wildman–Crippen MR) is 83.7 cm³/mol. The van der Waals surface area contributed by atoms with E-state index < -0.39 is 25.9 Å². The minimum Gasteiger partial charge on any atom is -0.313 e. The molecule has 9 heteroatoms. The van der Waals surface area contributed by atoms with E-state index in [2.05, 4.69) is 5.32 Å². The Balaban J connectivity index is 2.20. The van der Waals surface area contributed by atoms with Crippen molar-refractivity contribution in [2.24, 2.45) is 0 Å². The maximum atomic E-state index is 12.6. The summed E-state index contributed by atoms with van der Waals surface area (Å²) in [6.07, 6.45) is 0. The maximum Gasteiger partial charge on any atom is 0.252 e. The highest BCUT2D eigenvalue weighted by Crippen LogP contribution is 2.27. The van der Waals surface area contributed by atoms with Gasteiger partial charge in [-0.1, -0.05) is 6.92 Å². The monoisotopic (exact) mass is 352 g/mol. The first-order valence-corrected chi connectivity index (χ1v) is 10.9. The number of nitrogens with zero attached hydrogens (tertiary/aromatic N) is 1. The molecule has 120 valence electrons. The molecule has 1 N–H and O–H groups in total. The van der Waals surface area contributed by atoms with E-state index in [1.165, 1.54) is 15.6 Å². The lowest BCUT2D eigenvalue weighted by Crippen LogP contribution is -2.49. The molecule has 0 spiro atoms. The second-order valence-corrected chi connectivity index (χ2v) is 10.4. The van der Waals surface area contributed by atoms with Crippen LogP contribution < -0.4 is 5.32 Å². The van der Waals surface area contributed by atoms with Crippen LogP contribution in [0, 0.1) is 0 Å². The van der Waals surface area contributed by atoms with Crippen LogP contribution in [0.5, 0.6) is 0 Å². The van der Waals surface area contributed by atoms with Crippen LogP contribution in [0.25, 0.3) is 0 Å². The molecular formula is C12H20N2O4S3. The van der Waals surface area contributed by atoms with Gasteiger partial charge in [-0.05, 0) is 30.5 Å². The summed E-state index contributed by atoms with van der Waals surface area (Å²) >= 11 is 1.18. The van der Waals surface area contributed by atoms with Crippen LogP contribution in [0.15, 0.2) is 15.7 Å². The van der Waals surface area contributed by atoms with Crippen LogP contribution in [-0.2, 0) is 26.4 Å². The molecule has 0 aliphatic carbocycles. The second kappa shape index (κ2) is 6.33. The second-order valence-electron chi connectivity index (χ2n) is 5.13. The van der Waals surface area contributed by atoms with Gasteiger partial charge in [0.15, 0.2) is 9.84 Å². The Morgan fingerprint density at radius 3 is 2.81 bits per heavy atom. The molecule has 0 radical (unpaired) electrons. The van der Waals surface area contributed by atoms with Gasteiger partial charge in [-0.25, -0.2) is 16.8 Å². The lowest BCUT2D eigenvalue weighted by molar-refractivity contribution is 0.357. The highest BCUT2D eigenvalue weighted by Gasteiger charge is 2.37. The van der Waals surface area contributed by atoms with Crippen molar-refractivity contribution in [3.8, 4) is 0 Å². The highest BCUT2D eigenvalue weighted by molar-refractivity contribution is 7.92. The van der Waals surface area contributed by atoms with Gasteiger partial charge in [-0.15, -0.1) is 11.3 Å². The largest absolute Gasteiger partial charge is 0.313 e. The van der Waals surface area contributed by atoms with Gasteiger partial charge in [0, 0.05) is 19.1 Å². The third-order valence-corrected chi connectivity index (χ3v) is 8.65. The summed E-state index contributed by atoms with van der Waals surface area (Å²) in [4.78, 5) is 0. The fourth-order valence-corrected chi connectivity index (χ4v) is 7.04. The first kappa shape index (κ1) is 16.9. The van der Waals surface area contributed by atoms with Gasteiger partial charge in [-0.2, -0.15) is 4.31 Å². The molecule has 0 saturated carbocycles. The first-order valence-electron chi connectivity index (χ1n) is 6.76. The van der Waals surface area contributed by atoms with Crippen LogP contribution in [0.1, 0.15) is 19.4 Å². The summed E-state index contributed by atoms with van der Waals surface area (Å²) in [6, 6.07) is 1.14. The van der Waals surface area contributed by atoms with Crippen LogP contribution in [0.4, 0.5) is 0 Å². The molecular weight excluding hydrogens is 332 g/mol. The Kier molecular flexibility index (Phi) is 5.09. The highest BCUT2D eigenvalue weighted by atomic mass is 32.2. The summed E-state index contributed by atoms with van der Waals surface area (Å²) in [5.74, 6) is -0.214. The molecule has 6 nitrogen and oxygen atoms in total. The zero-order chi connectivity index (χ0) is 15.7. The number of thiophene rings is 1. The van der Waals surface area contributed by atoms with Gasteiger partial charge in [0.05, 0.1) is 11.5 Å². The summed E-state index contributed by atoms with van der Waals surface area (Å²) in [5, 5.41) is 4.97. The third-order valence-electron chi connectivity index (χ3n) is 3.38. The van der Waals surface area contributed by atoms with E-state index in [0.717, 1.165) is 12.1 Å². The van der Waals surface area contributed by atoms with Crippen molar-refractivity contribution in [1.29, 1.82) is 0 Å². The molecule has 1 unspecified atom stereocenters. The number of rotatable bonds is 5. The Morgan fingerprint density at radius 1 is 1.48 bits per heavy atom. The van der Waals surface area contributed by atoms with E-state index in [1.807, 2.05) is 12.3 Å². The summed E-state index contributed by atoms with van der Waals surface area (Å²) in [5.41, 5.74) is 0.928. The molecule has 1 atom stereocenters. The zero-order valence-electron chi connectivity index (χ0n) is 12.1. The lowest BCUT2D eigenvalue weighted by Gasteiger charge is -2.31. The van der Waals surface area contributed by atoms with Crippen molar-refractivity contribution in [2.75, 3.05) is 24.6 Å². The number of sulfone groups is 1. The number of sulfonamides is 1. The van der Waals surface area contributed by atoms with Crippen molar-refractivity contribution in [2.45, 2.75) is 30.6 Å². The van der Waals surface area contributed by atoms with Gasteiger partial charge in [-0.3, -0.25) is 0 Å². The molecule has 0 amide bonds. The Morgan fingerprint density at radius 2 is 2.19 bits per heavy atom. The Hall–Kier alpha value is -0.480. The van der Waals surface area contributed by atoms with Crippen LogP contribution in [0.2, 0.25) is 0 Å². The fraction of sp³-hybridized carbons (Fsp3) is 0.667. The predicted octanol–water partition coefficient (Wildman–Crippen LogP) is 0.665. The molecule has 1 aliphatic heterocycles. The molecule has 1 fully saturated rings. The van der Waals surface area contributed by atoms with E-state index in [-0.39, 0.29) is 22.3 Å². The quantitative estimate of drug-likeness (QED) is 0.842. The van der Waals surface area contributed by atoms with Crippen molar-refractivity contribution in [3.63, 3.8) is 0 Å². The Bertz CT molecular complexity index is 694. The average Bonchev–Trinajstić information content (AvgIpc) is 2.84. The van der Waals surface area contributed by atoms with E-state index in [0.29, 0.717) is 6.54 Å². The number of nitrogens with one attached hydrogen (secondary N) is 1. The molecule has 21 heavy (non-hydrogen) atoms. The third kappa shape index (κ3) is 3.84. The van der Waals surface area contributed by atoms with E-state index in [1.54, 1.807) is 13.0 Å². The van der Waals surface area contributed by atoms with Gasteiger partial charge >= 0.3 is 0 Å². The minimum atomic E-state index is -3.61. The Labute approximate surface area is 130 Å². The molecule has 0 bridgehead atoms. The van der Waals surface area contributed by atoms with Gasteiger partial charge in [0.1, 0.15) is 4.21 Å². The molecule has 1 aliphatic rings. The zero-order valence-corrected chi connectivity index (χ0v) is 14.5. The summed E-state index contributed by atoms with van der Waals surface area (Å²) < 4.78 is 49.9. The lowest BCUT2D eigenvalue weighted by atomic mass is 10.3. The average molecular weight is 353 g/mol. The first-order chi connectivity index (χ1) is 9.76. The van der Waals surface area contributed by atoms with E-state index in [9.17, 15) is 16.8 Å². The molecule has 2 heterocycles. The van der Waals surface area contributed by atoms with Crippen LogP contribution >= 0.6 is 11.3 Å². The maximum absolute atomic E-state index is 12.6. The fourth-order valence-electron chi connectivity index (χ4n) is 2.31. The molecule has 0 aromatic carbocycles. The molecule has 1 saturated heterocycles. The SMILES string of the molecule is CCNCc1csc(S(=O)(=O)N2CCS(=O)(=O)CC2C)c1. The van der Waals surface area contributed by atoms with Crippen LogP contribution in [0.3, 0.4) is 0 Å². The molecule has 1 aromatic heterocycles. The minimum absolute atomic E-state index is 0.0340. The smallest absolute Gasteiger partial charge is 0.252 e. The summed E-state index contributed by atoms with van der Waals surface area (Å²) in [7, 11) is -6.73. The van der Waals surface area contributed by atoms with Gasteiger partial charge < -0.3 is 5.32 Å². The van der Waals surface area contributed by atoms with Crippen molar-refractivity contribution in [1.82, 2.24) is 9.62 Å². The summed E-state index contributed by atoms with van der Waals surface area (Å²) in [6.45, 7) is 5.11. The normalized spacial score (nSPS) is 23.2. The van der Waals surface area contributed by atoms with E-state index in [4.69, 9.17) is 0 Å². The van der Waals surface area contributed by atoms with Crippen molar-refractivity contribution < 1.29 is 16.8 Å². The standard InChI is InChI=1S/C12H20N2O4S3/c1-3-13-7-11-6-12(19-8-11)21(17,18)14-4-5-20(15,16)9-10(14)2/h6,8,10,13H,3-5,7,9H2,1-2H3. The topological polar surface area (TPSA) is 83.6 Å².